The Morgan fingerprint density at radius 1 is 1.16 bits per heavy atom. The van der Waals surface area contributed by atoms with Gasteiger partial charge in [0.05, 0.1) is 20.3 Å². The van der Waals surface area contributed by atoms with Gasteiger partial charge in [0.2, 0.25) is 10.0 Å². The van der Waals surface area contributed by atoms with Crippen LogP contribution in [0.3, 0.4) is 0 Å². The molecule has 0 aliphatic carbocycles. The average molecular weight is 369 g/mol. The first kappa shape index (κ1) is 18.1. The van der Waals surface area contributed by atoms with Crippen LogP contribution in [-0.2, 0) is 14.8 Å². The van der Waals surface area contributed by atoms with E-state index in [1.54, 1.807) is 17.0 Å². The van der Waals surface area contributed by atoms with E-state index >= 15 is 0 Å². The Morgan fingerprint density at radius 3 is 2.48 bits per heavy atom. The number of hydrogen-bond donors (Lipinski definition) is 1. The van der Waals surface area contributed by atoms with Gasteiger partial charge in [0.15, 0.2) is 0 Å². The van der Waals surface area contributed by atoms with Gasteiger partial charge in [0.25, 0.3) is 5.91 Å². The maximum Gasteiger partial charge on any atom is 0.253 e. The van der Waals surface area contributed by atoms with Gasteiger partial charge in [-0.05, 0) is 18.2 Å². The number of methoxy groups -OCH3 is 1. The monoisotopic (exact) mass is 369 g/mol. The summed E-state index contributed by atoms with van der Waals surface area (Å²) < 4.78 is 37.8. The summed E-state index contributed by atoms with van der Waals surface area (Å²) in [5.74, 6) is 0.0749. The van der Waals surface area contributed by atoms with Crippen molar-refractivity contribution in [2.24, 2.45) is 0 Å². The zero-order valence-electron chi connectivity index (χ0n) is 14.2. The van der Waals surface area contributed by atoms with E-state index in [4.69, 9.17) is 9.47 Å². The highest BCUT2D eigenvalue weighted by Crippen LogP contribution is 2.29. The number of nitrogens with one attached hydrogen (secondary N) is 1. The number of piperazine rings is 1. The van der Waals surface area contributed by atoms with E-state index in [1.807, 2.05) is 0 Å². The molecule has 1 amide bonds. The molecular weight excluding hydrogens is 346 g/mol. The van der Waals surface area contributed by atoms with E-state index in [2.05, 4.69) is 5.32 Å². The molecule has 0 spiro atoms. The van der Waals surface area contributed by atoms with Crippen LogP contribution in [-0.4, -0.2) is 83.1 Å². The van der Waals surface area contributed by atoms with Crippen LogP contribution in [0.25, 0.3) is 0 Å². The molecule has 25 heavy (non-hydrogen) atoms. The predicted octanol–water partition coefficient (Wildman–Crippen LogP) is -0.238. The molecular formula is C16H23N3O5S. The molecule has 0 atom stereocenters. The van der Waals surface area contributed by atoms with Crippen molar-refractivity contribution in [2.75, 3.05) is 59.6 Å². The van der Waals surface area contributed by atoms with Crippen molar-refractivity contribution in [3.8, 4) is 5.75 Å². The minimum atomic E-state index is -3.75. The van der Waals surface area contributed by atoms with Gasteiger partial charge in [0, 0.05) is 44.8 Å². The summed E-state index contributed by atoms with van der Waals surface area (Å²) in [5.41, 5.74) is 0.356. The molecule has 9 heteroatoms. The topological polar surface area (TPSA) is 88.2 Å². The second-order valence-electron chi connectivity index (χ2n) is 5.92. The van der Waals surface area contributed by atoms with Gasteiger partial charge in [-0.1, -0.05) is 0 Å². The van der Waals surface area contributed by atoms with Crippen LogP contribution in [0.4, 0.5) is 0 Å². The Kier molecular flexibility index (Phi) is 5.57. The molecule has 3 rings (SSSR count). The summed E-state index contributed by atoms with van der Waals surface area (Å²) in [6, 6.07) is 4.58. The Balaban J connectivity index is 1.93. The lowest BCUT2D eigenvalue weighted by atomic mass is 10.1. The molecule has 0 radical (unpaired) electrons. The van der Waals surface area contributed by atoms with Gasteiger partial charge in [-0.2, -0.15) is 4.31 Å². The number of amides is 1. The standard InChI is InChI=1S/C16H23N3O5S/c1-23-14-3-2-13(16(20)18-6-4-17-5-7-18)12-15(14)25(21,22)19-8-10-24-11-9-19/h2-3,12,17H,4-11H2,1H3. The van der Waals surface area contributed by atoms with Gasteiger partial charge >= 0.3 is 0 Å². The molecule has 0 saturated carbocycles. The van der Waals surface area contributed by atoms with Crippen LogP contribution in [0.15, 0.2) is 23.1 Å². The highest BCUT2D eigenvalue weighted by Gasteiger charge is 2.30. The normalized spacial score (nSPS) is 19.6. The lowest BCUT2D eigenvalue weighted by Crippen LogP contribution is -2.46. The minimum Gasteiger partial charge on any atom is -0.495 e. The molecule has 1 N–H and O–H groups in total. The maximum absolute atomic E-state index is 13.0. The Morgan fingerprint density at radius 2 is 1.84 bits per heavy atom. The summed E-state index contributed by atoms with van der Waals surface area (Å²) in [4.78, 5) is 14.4. The van der Waals surface area contributed by atoms with Crippen LogP contribution in [0, 0.1) is 0 Å². The van der Waals surface area contributed by atoms with E-state index in [1.165, 1.54) is 17.5 Å². The van der Waals surface area contributed by atoms with Crippen LogP contribution in [0.2, 0.25) is 0 Å². The zero-order chi connectivity index (χ0) is 17.9. The predicted molar refractivity (Wildman–Crippen MR) is 91.3 cm³/mol. The third-order valence-electron chi connectivity index (χ3n) is 4.40. The Bertz CT molecular complexity index is 725. The van der Waals surface area contributed by atoms with Gasteiger partial charge in [-0.3, -0.25) is 4.79 Å². The molecule has 138 valence electrons. The summed E-state index contributed by atoms with van der Waals surface area (Å²) in [7, 11) is -2.32. The molecule has 2 saturated heterocycles. The Labute approximate surface area is 147 Å². The number of nitrogens with zero attached hydrogens (tertiary/aromatic N) is 2. The minimum absolute atomic E-state index is 0.0258. The van der Waals surface area contributed by atoms with Crippen LogP contribution in [0.1, 0.15) is 10.4 Å². The van der Waals surface area contributed by atoms with E-state index < -0.39 is 10.0 Å². The van der Waals surface area contributed by atoms with Crippen molar-refractivity contribution in [3.05, 3.63) is 23.8 Å². The van der Waals surface area contributed by atoms with Crippen LogP contribution in [0.5, 0.6) is 5.75 Å². The summed E-state index contributed by atoms with van der Waals surface area (Å²) in [5, 5.41) is 3.19. The lowest BCUT2D eigenvalue weighted by Gasteiger charge is -2.28. The van der Waals surface area contributed by atoms with E-state index in [0.717, 1.165) is 13.1 Å². The molecule has 2 heterocycles. The first-order valence-corrected chi connectivity index (χ1v) is 9.74. The average Bonchev–Trinajstić information content (AvgIpc) is 2.68. The highest BCUT2D eigenvalue weighted by atomic mass is 32.2. The fourth-order valence-corrected chi connectivity index (χ4v) is 4.58. The summed E-state index contributed by atoms with van der Waals surface area (Å²) >= 11 is 0. The molecule has 2 fully saturated rings. The van der Waals surface area contributed by atoms with Gasteiger partial charge in [-0.25, -0.2) is 8.42 Å². The van der Waals surface area contributed by atoms with Crippen molar-refractivity contribution >= 4 is 15.9 Å². The van der Waals surface area contributed by atoms with Crippen molar-refractivity contribution < 1.29 is 22.7 Å². The molecule has 0 aromatic heterocycles. The number of carbonyl (C=O) groups excluding carboxylic acids is 1. The fourth-order valence-electron chi connectivity index (χ4n) is 2.99. The first-order valence-electron chi connectivity index (χ1n) is 8.30. The smallest absolute Gasteiger partial charge is 0.253 e. The van der Waals surface area contributed by atoms with Crippen molar-refractivity contribution in [1.29, 1.82) is 0 Å². The third kappa shape index (κ3) is 3.79. The van der Waals surface area contributed by atoms with Gasteiger partial charge < -0.3 is 19.7 Å². The number of ether oxygens (including phenoxy) is 2. The highest BCUT2D eigenvalue weighted by molar-refractivity contribution is 7.89. The van der Waals surface area contributed by atoms with E-state index in [-0.39, 0.29) is 16.6 Å². The lowest BCUT2D eigenvalue weighted by molar-refractivity contribution is 0.0727. The molecule has 0 unspecified atom stereocenters. The van der Waals surface area contributed by atoms with Crippen LogP contribution >= 0.6 is 0 Å². The number of carbonyl (C=O) groups is 1. The molecule has 0 bridgehead atoms. The van der Waals surface area contributed by atoms with Crippen molar-refractivity contribution in [1.82, 2.24) is 14.5 Å². The largest absolute Gasteiger partial charge is 0.495 e. The van der Waals surface area contributed by atoms with Gasteiger partial charge in [0.1, 0.15) is 10.6 Å². The quantitative estimate of drug-likeness (QED) is 0.788. The number of morpholine rings is 1. The third-order valence-corrected chi connectivity index (χ3v) is 6.32. The second-order valence-corrected chi connectivity index (χ2v) is 7.83. The molecule has 1 aromatic carbocycles. The van der Waals surface area contributed by atoms with Crippen molar-refractivity contribution in [2.45, 2.75) is 4.90 Å². The molecule has 2 aliphatic heterocycles. The number of hydrogen-bond acceptors (Lipinski definition) is 6. The maximum atomic E-state index is 13.0. The van der Waals surface area contributed by atoms with E-state index in [9.17, 15) is 13.2 Å². The molecule has 1 aromatic rings. The SMILES string of the molecule is COc1ccc(C(=O)N2CCNCC2)cc1S(=O)(=O)N1CCOCC1. The Hall–Kier alpha value is -1.68. The van der Waals surface area contributed by atoms with E-state index in [0.29, 0.717) is 45.0 Å². The number of benzene rings is 1. The fraction of sp³-hybridized carbons (Fsp3) is 0.562. The summed E-state index contributed by atoms with van der Waals surface area (Å²) in [6.45, 7) is 4.00. The van der Waals surface area contributed by atoms with Crippen molar-refractivity contribution in [3.63, 3.8) is 0 Å². The number of rotatable bonds is 4. The molecule has 2 aliphatic rings. The summed E-state index contributed by atoms with van der Waals surface area (Å²) in [6.07, 6.45) is 0. The van der Waals surface area contributed by atoms with Gasteiger partial charge in [-0.15, -0.1) is 0 Å². The van der Waals surface area contributed by atoms with Crippen LogP contribution < -0.4 is 10.1 Å². The first-order chi connectivity index (χ1) is 12.0. The number of sulfonamides is 1. The second kappa shape index (κ2) is 7.69. The zero-order valence-corrected chi connectivity index (χ0v) is 15.0. The molecule has 8 nitrogen and oxygen atoms in total.